The smallest absolute Gasteiger partial charge is 1.00 e. The second-order valence-electron chi connectivity index (χ2n) is 2.95. The molecule has 0 bridgehead atoms. The van der Waals surface area contributed by atoms with Crippen molar-refractivity contribution in [1.82, 2.24) is 0 Å². The first-order chi connectivity index (χ1) is 4.12. The molecule has 0 aromatic rings. The molecule has 10 heavy (non-hydrogen) atoms. The van der Waals surface area contributed by atoms with Crippen LogP contribution >= 0.6 is 0 Å². The fourth-order valence-electron chi connectivity index (χ4n) is 0.734. The van der Waals surface area contributed by atoms with E-state index in [1.165, 1.54) is 6.42 Å². The summed E-state index contributed by atoms with van der Waals surface area (Å²) in [7, 11) is 0. The molecule has 0 heterocycles. The Kier molecular flexibility index (Phi) is 9.02. The molecule has 0 radical (unpaired) electrons. The number of hydrogen-bond acceptors (Lipinski definition) is 1. The van der Waals surface area contributed by atoms with Crippen LogP contribution in [-0.4, -0.2) is 10.7 Å². The van der Waals surface area contributed by atoms with E-state index in [9.17, 15) is 5.11 Å². The second-order valence-corrected chi connectivity index (χ2v) is 2.95. The summed E-state index contributed by atoms with van der Waals surface area (Å²) in [5.41, 5.74) is -0.407. The average Bonchev–Trinajstić information content (AvgIpc) is 1.84. The minimum Gasteiger partial charge on any atom is -1.00 e. The molecule has 0 spiro atoms. The molecule has 0 aromatic heterocycles. The summed E-state index contributed by atoms with van der Waals surface area (Å²) < 4.78 is 0. The molecule has 1 N–H and O–H groups in total. The number of hydrogen-bond donors (Lipinski definition) is 1. The molecule has 0 fully saturated rings. The molecule has 1 nitrogen and oxygen atoms in total. The van der Waals surface area contributed by atoms with E-state index < -0.39 is 5.60 Å². The van der Waals surface area contributed by atoms with Crippen molar-refractivity contribution in [2.75, 3.05) is 0 Å². The van der Waals surface area contributed by atoms with Gasteiger partial charge >= 0.3 is 29.6 Å². The van der Waals surface area contributed by atoms with Crippen LogP contribution in [0.15, 0.2) is 0 Å². The molecule has 0 aromatic carbocycles. The summed E-state index contributed by atoms with van der Waals surface area (Å²) in [5.74, 6) is 0. The van der Waals surface area contributed by atoms with Gasteiger partial charge in [0.2, 0.25) is 0 Å². The van der Waals surface area contributed by atoms with Crippen LogP contribution in [-0.2, 0) is 0 Å². The zero-order valence-corrected chi connectivity index (χ0v) is 9.78. The topological polar surface area (TPSA) is 20.2 Å². The predicted molar refractivity (Wildman–Crippen MR) is 41.6 cm³/mol. The van der Waals surface area contributed by atoms with Crippen molar-refractivity contribution in [2.45, 2.75) is 52.1 Å². The fourth-order valence-corrected chi connectivity index (χ4v) is 0.734. The van der Waals surface area contributed by atoms with Crippen molar-refractivity contribution < 1.29 is 36.1 Å². The van der Waals surface area contributed by atoms with Crippen molar-refractivity contribution >= 4 is 0 Å². The van der Waals surface area contributed by atoms with E-state index in [2.05, 4.69) is 6.92 Å². The van der Waals surface area contributed by atoms with Gasteiger partial charge in [0.05, 0.1) is 5.60 Å². The molecule has 0 aliphatic carbocycles. The molecule has 1 atom stereocenters. The van der Waals surface area contributed by atoms with Crippen molar-refractivity contribution in [1.29, 1.82) is 0 Å². The Bertz CT molecular complexity index is 76.5. The van der Waals surface area contributed by atoms with Gasteiger partial charge in [-0.25, -0.2) is 0 Å². The third kappa shape index (κ3) is 7.07. The third-order valence-corrected chi connectivity index (χ3v) is 1.83. The molecule has 0 rings (SSSR count). The van der Waals surface area contributed by atoms with Crippen molar-refractivity contribution in [3.63, 3.8) is 0 Å². The van der Waals surface area contributed by atoms with Gasteiger partial charge in [0, 0.05) is 0 Å². The Morgan fingerprint density at radius 2 is 1.90 bits per heavy atom. The largest absolute Gasteiger partial charge is 1.00 e. The Morgan fingerprint density at radius 3 is 2.20 bits per heavy atom. The summed E-state index contributed by atoms with van der Waals surface area (Å²) in [6.45, 7) is 6.07. The van der Waals surface area contributed by atoms with Crippen LogP contribution in [0, 0.1) is 0 Å². The molecule has 0 saturated heterocycles. The van der Waals surface area contributed by atoms with Crippen LogP contribution in [0.25, 0.3) is 0 Å². The first-order valence-electron chi connectivity index (χ1n) is 3.84. The Labute approximate surface area is 88.0 Å². The summed E-state index contributed by atoms with van der Waals surface area (Å²) in [5, 5.41) is 9.45. The maximum Gasteiger partial charge on any atom is 1.00 e. The van der Waals surface area contributed by atoms with Gasteiger partial charge in [-0.2, -0.15) is 0 Å². The molecule has 0 aliphatic heterocycles. The monoisotopic (exact) mass is 154 g/mol. The van der Waals surface area contributed by atoms with E-state index in [1.54, 1.807) is 0 Å². The predicted octanol–water partition coefficient (Wildman–Crippen LogP) is -0.546. The van der Waals surface area contributed by atoms with Crippen molar-refractivity contribution in [3.8, 4) is 0 Å². The maximum atomic E-state index is 9.45. The van der Waals surface area contributed by atoms with Crippen molar-refractivity contribution in [3.05, 3.63) is 0 Å². The van der Waals surface area contributed by atoms with Crippen LogP contribution in [0.3, 0.4) is 0 Å². The third-order valence-electron chi connectivity index (χ3n) is 1.83. The summed E-state index contributed by atoms with van der Waals surface area (Å²) >= 11 is 0. The van der Waals surface area contributed by atoms with Crippen LogP contribution < -0.4 is 29.6 Å². The standard InChI is InChI=1S/C8H18O.Na.H/c1-4-6-7-8(3,9)5-2;;/h9H,4-7H2,1-3H3;;/q;+1;-1. The van der Waals surface area contributed by atoms with E-state index in [0.717, 1.165) is 19.3 Å². The zero-order valence-electron chi connectivity index (χ0n) is 8.78. The molecule has 0 saturated carbocycles. The van der Waals surface area contributed by atoms with Gasteiger partial charge < -0.3 is 6.53 Å². The normalized spacial score (nSPS) is 15.6. The van der Waals surface area contributed by atoms with Gasteiger partial charge in [0.25, 0.3) is 0 Å². The molecular weight excluding hydrogens is 135 g/mol. The van der Waals surface area contributed by atoms with Gasteiger partial charge in [-0.3, -0.25) is 0 Å². The number of rotatable bonds is 4. The van der Waals surface area contributed by atoms with E-state index in [1.807, 2.05) is 13.8 Å². The zero-order chi connectivity index (χ0) is 7.33. The van der Waals surface area contributed by atoms with Gasteiger partial charge in [0.1, 0.15) is 0 Å². The molecule has 58 valence electrons. The molecule has 1 unspecified atom stereocenters. The first-order valence-corrected chi connectivity index (χ1v) is 3.84. The minimum absolute atomic E-state index is 0. The SMILES string of the molecule is CCCCC(C)(O)CC.[H-].[Na+]. The fraction of sp³-hybridized carbons (Fsp3) is 1.00. The van der Waals surface area contributed by atoms with Crippen LogP contribution in [0.2, 0.25) is 0 Å². The maximum absolute atomic E-state index is 9.45. The van der Waals surface area contributed by atoms with E-state index >= 15 is 0 Å². The molecular formula is C8H19NaO. The molecule has 2 heteroatoms. The number of aliphatic hydroxyl groups is 1. The van der Waals surface area contributed by atoms with E-state index in [4.69, 9.17) is 0 Å². The summed E-state index contributed by atoms with van der Waals surface area (Å²) in [4.78, 5) is 0. The minimum atomic E-state index is -0.407. The van der Waals surface area contributed by atoms with Gasteiger partial charge in [-0.05, 0) is 19.8 Å². The number of unbranched alkanes of at least 4 members (excludes halogenated alkanes) is 1. The first kappa shape index (κ1) is 13.5. The van der Waals surface area contributed by atoms with Crippen LogP contribution in [0.4, 0.5) is 0 Å². The second kappa shape index (κ2) is 6.66. The summed E-state index contributed by atoms with van der Waals surface area (Å²) in [6, 6.07) is 0. The van der Waals surface area contributed by atoms with Gasteiger partial charge in [-0.15, -0.1) is 0 Å². The Hall–Kier alpha value is 0.960. The summed E-state index contributed by atoms with van der Waals surface area (Å²) in [6.07, 6.45) is 4.13. The molecule has 0 aliphatic rings. The van der Waals surface area contributed by atoms with E-state index in [0.29, 0.717) is 0 Å². The Morgan fingerprint density at radius 1 is 1.40 bits per heavy atom. The average molecular weight is 154 g/mol. The quantitative estimate of drug-likeness (QED) is 0.539. The van der Waals surface area contributed by atoms with E-state index in [-0.39, 0.29) is 31.0 Å². The van der Waals surface area contributed by atoms with Crippen molar-refractivity contribution in [2.24, 2.45) is 0 Å². The molecule has 0 amide bonds. The van der Waals surface area contributed by atoms with Gasteiger partial charge in [0.15, 0.2) is 0 Å². The van der Waals surface area contributed by atoms with Gasteiger partial charge in [-0.1, -0.05) is 26.7 Å². The Balaban J connectivity index is -0.000000320. The van der Waals surface area contributed by atoms with Crippen LogP contribution in [0.5, 0.6) is 0 Å². The van der Waals surface area contributed by atoms with Crippen LogP contribution in [0.1, 0.15) is 47.9 Å².